The van der Waals surface area contributed by atoms with Crippen molar-refractivity contribution in [2.75, 3.05) is 24.6 Å². The third-order valence-electron chi connectivity index (χ3n) is 2.44. The molecule has 15 heavy (non-hydrogen) atoms. The molecular weight excluding hydrogens is 208 g/mol. The van der Waals surface area contributed by atoms with Gasteiger partial charge in [0.15, 0.2) is 5.13 Å². The number of anilines is 1. The minimum Gasteiger partial charge on any atom is -0.395 e. The van der Waals surface area contributed by atoms with Crippen LogP contribution >= 0.6 is 11.3 Å². The zero-order chi connectivity index (χ0) is 11.3. The Balaban J connectivity index is 2.69. The van der Waals surface area contributed by atoms with Gasteiger partial charge in [-0.2, -0.15) is 0 Å². The second kappa shape index (κ2) is 6.08. The van der Waals surface area contributed by atoms with Crippen LogP contribution in [-0.2, 0) is 0 Å². The first-order valence-electron chi connectivity index (χ1n) is 5.48. The van der Waals surface area contributed by atoms with Crippen molar-refractivity contribution < 1.29 is 5.11 Å². The van der Waals surface area contributed by atoms with Crippen molar-refractivity contribution in [1.29, 1.82) is 0 Å². The number of aliphatic hydroxyl groups excluding tert-OH is 1. The van der Waals surface area contributed by atoms with Crippen LogP contribution in [0.4, 0.5) is 5.13 Å². The minimum atomic E-state index is 0.196. The highest BCUT2D eigenvalue weighted by atomic mass is 32.1. The Morgan fingerprint density at radius 3 is 2.53 bits per heavy atom. The zero-order valence-corrected chi connectivity index (χ0v) is 10.6. The van der Waals surface area contributed by atoms with Crippen LogP contribution in [0.3, 0.4) is 0 Å². The Kier molecular flexibility index (Phi) is 5.05. The molecule has 3 nitrogen and oxygen atoms in total. The highest BCUT2D eigenvalue weighted by Gasteiger charge is 2.11. The van der Waals surface area contributed by atoms with E-state index in [0.29, 0.717) is 6.54 Å². The Morgan fingerprint density at radius 2 is 2.07 bits per heavy atom. The Labute approximate surface area is 95.8 Å². The fourth-order valence-corrected chi connectivity index (χ4v) is 2.33. The van der Waals surface area contributed by atoms with Gasteiger partial charge in [-0.3, -0.25) is 0 Å². The minimum absolute atomic E-state index is 0.196. The molecule has 4 heteroatoms. The van der Waals surface area contributed by atoms with E-state index < -0.39 is 0 Å². The maximum Gasteiger partial charge on any atom is 0.185 e. The Morgan fingerprint density at radius 1 is 1.33 bits per heavy atom. The molecule has 0 fully saturated rings. The van der Waals surface area contributed by atoms with Gasteiger partial charge < -0.3 is 10.0 Å². The quantitative estimate of drug-likeness (QED) is 0.812. The predicted octanol–water partition coefficient (Wildman–Crippen LogP) is 2.36. The van der Waals surface area contributed by atoms with Crippen LogP contribution < -0.4 is 4.90 Å². The number of nitrogens with zero attached hydrogens (tertiary/aromatic N) is 2. The van der Waals surface area contributed by atoms with Crippen molar-refractivity contribution in [3.63, 3.8) is 0 Å². The molecule has 1 aromatic rings. The van der Waals surface area contributed by atoms with Crippen LogP contribution in [0.5, 0.6) is 0 Å². The van der Waals surface area contributed by atoms with Gasteiger partial charge in [-0.15, -0.1) is 11.3 Å². The van der Waals surface area contributed by atoms with E-state index in [9.17, 15) is 0 Å². The van der Waals surface area contributed by atoms with Gasteiger partial charge in [0, 0.05) is 18.0 Å². The van der Waals surface area contributed by atoms with Crippen molar-refractivity contribution >= 4 is 16.5 Å². The zero-order valence-electron chi connectivity index (χ0n) is 9.79. The first kappa shape index (κ1) is 12.5. The number of rotatable bonds is 6. The summed E-state index contributed by atoms with van der Waals surface area (Å²) in [4.78, 5) is 7.96. The van der Waals surface area contributed by atoms with Gasteiger partial charge in [-0.05, 0) is 20.3 Å². The molecule has 86 valence electrons. The SMILES string of the molecule is CCCCN(CCO)c1nc(C)c(C)s1. The van der Waals surface area contributed by atoms with Crippen LogP contribution in [0.25, 0.3) is 0 Å². The summed E-state index contributed by atoms with van der Waals surface area (Å²) in [5.74, 6) is 0. The molecule has 0 aliphatic rings. The van der Waals surface area contributed by atoms with E-state index in [-0.39, 0.29) is 6.61 Å². The molecule has 1 N–H and O–H groups in total. The van der Waals surface area contributed by atoms with Crippen LogP contribution in [0.2, 0.25) is 0 Å². The molecule has 1 aromatic heterocycles. The highest BCUT2D eigenvalue weighted by Crippen LogP contribution is 2.25. The van der Waals surface area contributed by atoms with E-state index in [1.165, 1.54) is 11.3 Å². The van der Waals surface area contributed by atoms with Crippen LogP contribution in [-0.4, -0.2) is 29.8 Å². The second-order valence-corrected chi connectivity index (χ2v) is 4.88. The average molecular weight is 228 g/mol. The summed E-state index contributed by atoms with van der Waals surface area (Å²) in [6, 6.07) is 0. The highest BCUT2D eigenvalue weighted by molar-refractivity contribution is 7.15. The third kappa shape index (κ3) is 3.47. The van der Waals surface area contributed by atoms with Gasteiger partial charge in [0.2, 0.25) is 0 Å². The molecule has 0 saturated heterocycles. The van der Waals surface area contributed by atoms with Gasteiger partial charge >= 0.3 is 0 Å². The van der Waals surface area contributed by atoms with E-state index >= 15 is 0 Å². The van der Waals surface area contributed by atoms with Crippen LogP contribution in [0, 0.1) is 13.8 Å². The standard InChI is InChI=1S/C11H20N2OS/c1-4-5-6-13(7-8-14)11-12-9(2)10(3)15-11/h14H,4-8H2,1-3H3. The smallest absolute Gasteiger partial charge is 0.185 e. The summed E-state index contributed by atoms with van der Waals surface area (Å²) in [7, 11) is 0. The molecule has 1 rings (SSSR count). The molecule has 0 saturated carbocycles. The molecule has 0 aliphatic carbocycles. The number of aliphatic hydroxyl groups is 1. The molecule has 0 spiro atoms. The van der Waals surface area contributed by atoms with Gasteiger partial charge in [0.1, 0.15) is 0 Å². The fourth-order valence-electron chi connectivity index (χ4n) is 1.36. The summed E-state index contributed by atoms with van der Waals surface area (Å²) in [5, 5.41) is 10.1. The summed E-state index contributed by atoms with van der Waals surface area (Å²) >= 11 is 1.72. The molecule has 0 bridgehead atoms. The number of hydrogen-bond acceptors (Lipinski definition) is 4. The lowest BCUT2D eigenvalue weighted by molar-refractivity contribution is 0.301. The lowest BCUT2D eigenvalue weighted by atomic mass is 10.3. The Bertz CT molecular complexity index is 279. The molecule has 0 amide bonds. The number of aromatic nitrogens is 1. The van der Waals surface area contributed by atoms with Gasteiger partial charge in [-0.1, -0.05) is 13.3 Å². The van der Waals surface area contributed by atoms with E-state index in [4.69, 9.17) is 5.11 Å². The van der Waals surface area contributed by atoms with Crippen molar-refractivity contribution in [2.24, 2.45) is 0 Å². The molecule has 0 aliphatic heterocycles. The fraction of sp³-hybridized carbons (Fsp3) is 0.727. The van der Waals surface area contributed by atoms with Crippen molar-refractivity contribution in [2.45, 2.75) is 33.6 Å². The average Bonchev–Trinajstić information content (AvgIpc) is 2.54. The van der Waals surface area contributed by atoms with Crippen molar-refractivity contribution in [3.05, 3.63) is 10.6 Å². The van der Waals surface area contributed by atoms with Gasteiger partial charge in [-0.25, -0.2) is 4.98 Å². The summed E-state index contributed by atoms with van der Waals surface area (Å²) in [6.07, 6.45) is 2.32. The summed E-state index contributed by atoms with van der Waals surface area (Å²) in [6.45, 7) is 8.17. The second-order valence-electron chi connectivity index (χ2n) is 3.70. The largest absolute Gasteiger partial charge is 0.395 e. The summed E-state index contributed by atoms with van der Waals surface area (Å²) in [5.41, 5.74) is 1.11. The normalized spacial score (nSPS) is 10.7. The molecular formula is C11H20N2OS. The monoisotopic (exact) mass is 228 g/mol. The van der Waals surface area contributed by atoms with E-state index in [1.54, 1.807) is 11.3 Å². The molecule has 0 unspecified atom stereocenters. The maximum absolute atomic E-state index is 9.01. The number of aryl methyl sites for hydroxylation is 2. The number of thiazole rings is 1. The molecule has 1 heterocycles. The maximum atomic E-state index is 9.01. The number of hydrogen-bond donors (Lipinski definition) is 1. The summed E-state index contributed by atoms with van der Waals surface area (Å²) < 4.78 is 0. The first-order valence-corrected chi connectivity index (χ1v) is 6.30. The lowest BCUT2D eigenvalue weighted by Gasteiger charge is -2.20. The number of unbranched alkanes of at least 4 members (excludes halogenated alkanes) is 1. The topological polar surface area (TPSA) is 36.4 Å². The molecule has 0 aromatic carbocycles. The predicted molar refractivity (Wildman–Crippen MR) is 65.8 cm³/mol. The first-order chi connectivity index (χ1) is 7.19. The van der Waals surface area contributed by atoms with Crippen molar-refractivity contribution in [1.82, 2.24) is 4.98 Å². The van der Waals surface area contributed by atoms with Crippen molar-refractivity contribution in [3.8, 4) is 0 Å². The van der Waals surface area contributed by atoms with Crippen LogP contribution in [0.1, 0.15) is 30.3 Å². The third-order valence-corrected chi connectivity index (χ3v) is 3.57. The lowest BCUT2D eigenvalue weighted by Crippen LogP contribution is -2.27. The van der Waals surface area contributed by atoms with Gasteiger partial charge in [0.05, 0.1) is 12.3 Å². The molecule has 0 radical (unpaired) electrons. The Hall–Kier alpha value is -0.610. The van der Waals surface area contributed by atoms with E-state index in [1.807, 2.05) is 6.92 Å². The van der Waals surface area contributed by atoms with E-state index in [0.717, 1.165) is 23.8 Å². The van der Waals surface area contributed by atoms with Crippen LogP contribution in [0.15, 0.2) is 0 Å². The van der Waals surface area contributed by atoms with E-state index in [2.05, 4.69) is 23.7 Å². The van der Waals surface area contributed by atoms with Gasteiger partial charge in [0.25, 0.3) is 0 Å². The molecule has 0 atom stereocenters.